The van der Waals surface area contributed by atoms with Gasteiger partial charge in [0.1, 0.15) is 5.65 Å². The fourth-order valence-electron chi connectivity index (χ4n) is 2.54. The van der Waals surface area contributed by atoms with Crippen LogP contribution < -0.4 is 5.32 Å². The van der Waals surface area contributed by atoms with Gasteiger partial charge in [0.05, 0.1) is 25.0 Å². The van der Waals surface area contributed by atoms with E-state index < -0.39 is 6.09 Å². The first-order valence-electron chi connectivity index (χ1n) is 7.45. The number of nitrogens with zero attached hydrogens (tertiary/aromatic N) is 2. The summed E-state index contributed by atoms with van der Waals surface area (Å²) in [6.07, 6.45) is 1.57. The number of aromatic nitrogens is 2. The van der Waals surface area contributed by atoms with Gasteiger partial charge in [0, 0.05) is 11.8 Å². The van der Waals surface area contributed by atoms with Crippen LogP contribution in [0.3, 0.4) is 0 Å². The van der Waals surface area contributed by atoms with Crippen LogP contribution in [0.5, 0.6) is 0 Å². The summed E-state index contributed by atoms with van der Waals surface area (Å²) < 4.78 is 6.68. The predicted molar refractivity (Wildman–Crippen MR) is 89.3 cm³/mol. The van der Waals surface area contributed by atoms with Gasteiger partial charge in [0.25, 0.3) is 0 Å². The molecule has 0 bridgehead atoms. The van der Waals surface area contributed by atoms with Crippen molar-refractivity contribution in [2.75, 3.05) is 7.11 Å². The van der Waals surface area contributed by atoms with Crippen LogP contribution in [-0.4, -0.2) is 22.6 Å². The number of hydrogen-bond donors (Lipinski definition) is 1. The summed E-state index contributed by atoms with van der Waals surface area (Å²) in [6.45, 7) is 4.43. The zero-order valence-corrected chi connectivity index (χ0v) is 13.5. The molecule has 0 aliphatic heterocycles. The number of rotatable bonds is 3. The van der Waals surface area contributed by atoms with Gasteiger partial charge in [-0.2, -0.15) is 0 Å². The summed E-state index contributed by atoms with van der Waals surface area (Å²) in [5.74, 6) is 0. The minimum Gasteiger partial charge on any atom is -0.453 e. The van der Waals surface area contributed by atoms with Gasteiger partial charge in [-0.15, -0.1) is 0 Å². The van der Waals surface area contributed by atoms with E-state index in [-0.39, 0.29) is 0 Å². The van der Waals surface area contributed by atoms with E-state index in [1.165, 1.54) is 12.7 Å². The highest BCUT2D eigenvalue weighted by atomic mass is 16.5. The summed E-state index contributed by atoms with van der Waals surface area (Å²) in [6, 6.07) is 12.2. The molecule has 0 aliphatic carbocycles. The molecule has 0 spiro atoms. The van der Waals surface area contributed by atoms with Gasteiger partial charge in [-0.3, -0.25) is 0 Å². The number of ether oxygens (including phenoxy) is 1. The Labute approximate surface area is 134 Å². The summed E-state index contributed by atoms with van der Waals surface area (Å²) >= 11 is 0. The van der Waals surface area contributed by atoms with E-state index in [2.05, 4.69) is 29.1 Å². The normalized spacial score (nSPS) is 10.7. The molecule has 0 atom stereocenters. The minimum absolute atomic E-state index is 0.348. The van der Waals surface area contributed by atoms with Gasteiger partial charge < -0.3 is 14.5 Å². The maximum atomic E-state index is 11.4. The van der Waals surface area contributed by atoms with Crippen LogP contribution >= 0.6 is 0 Å². The monoisotopic (exact) mass is 309 g/mol. The Morgan fingerprint density at radius 2 is 1.83 bits per heavy atom. The summed E-state index contributed by atoms with van der Waals surface area (Å²) in [5, 5.41) is 2.75. The lowest BCUT2D eigenvalue weighted by Crippen LogP contribution is -2.23. The highest BCUT2D eigenvalue weighted by Crippen LogP contribution is 2.25. The number of carbonyl (C=O) groups is 1. The Hall–Kier alpha value is -2.82. The van der Waals surface area contributed by atoms with E-state index in [0.29, 0.717) is 6.54 Å². The third-order valence-corrected chi connectivity index (χ3v) is 3.78. The van der Waals surface area contributed by atoms with Crippen molar-refractivity contribution in [3.05, 3.63) is 59.4 Å². The number of benzene rings is 1. The zero-order chi connectivity index (χ0) is 16.4. The number of amides is 1. The minimum atomic E-state index is -0.456. The Kier molecular flexibility index (Phi) is 4.02. The molecule has 1 aromatic carbocycles. The quantitative estimate of drug-likeness (QED) is 0.806. The molecule has 0 saturated carbocycles. The van der Waals surface area contributed by atoms with Gasteiger partial charge in [0.2, 0.25) is 0 Å². The molecule has 0 saturated heterocycles. The molecule has 3 rings (SSSR count). The van der Waals surface area contributed by atoms with E-state index in [0.717, 1.165) is 28.2 Å². The van der Waals surface area contributed by atoms with E-state index in [1.54, 1.807) is 0 Å². The van der Waals surface area contributed by atoms with Crippen LogP contribution in [-0.2, 0) is 11.3 Å². The largest absolute Gasteiger partial charge is 0.453 e. The number of nitrogens with one attached hydrogen (secondary N) is 1. The second-order valence-electron chi connectivity index (χ2n) is 5.55. The molecule has 1 amide bonds. The molecular formula is C18H19N3O2. The maximum Gasteiger partial charge on any atom is 0.407 e. The molecular weight excluding hydrogens is 290 g/mol. The lowest BCUT2D eigenvalue weighted by Gasteiger charge is -2.07. The fraction of sp³-hybridized carbons (Fsp3) is 0.222. The SMILES string of the molecule is COC(=O)NCc1c(-c2ccc(C)cc2)nc2ccc(C)cn12. The number of hydrogen-bond acceptors (Lipinski definition) is 3. The van der Waals surface area contributed by atoms with Crippen molar-refractivity contribution >= 4 is 11.7 Å². The molecule has 2 aromatic heterocycles. The highest BCUT2D eigenvalue weighted by Gasteiger charge is 2.15. The number of methoxy groups -OCH3 is 1. The number of carbonyl (C=O) groups excluding carboxylic acids is 1. The Bertz CT molecular complexity index is 851. The van der Waals surface area contributed by atoms with Crippen LogP contribution in [0.2, 0.25) is 0 Å². The first-order chi connectivity index (χ1) is 11.1. The third kappa shape index (κ3) is 3.04. The van der Waals surface area contributed by atoms with Crippen LogP contribution in [0.1, 0.15) is 16.8 Å². The van der Waals surface area contributed by atoms with Crippen molar-refractivity contribution in [1.29, 1.82) is 0 Å². The van der Waals surface area contributed by atoms with Crippen molar-refractivity contribution in [3.8, 4) is 11.3 Å². The summed E-state index contributed by atoms with van der Waals surface area (Å²) in [4.78, 5) is 16.2. The molecule has 5 nitrogen and oxygen atoms in total. The van der Waals surface area contributed by atoms with Crippen molar-refractivity contribution in [3.63, 3.8) is 0 Å². The van der Waals surface area contributed by atoms with Gasteiger partial charge >= 0.3 is 6.09 Å². The zero-order valence-electron chi connectivity index (χ0n) is 13.5. The van der Waals surface area contributed by atoms with E-state index >= 15 is 0 Å². The van der Waals surface area contributed by atoms with Gasteiger partial charge in [-0.1, -0.05) is 35.9 Å². The molecule has 0 radical (unpaired) electrons. The van der Waals surface area contributed by atoms with E-state index in [9.17, 15) is 4.79 Å². The smallest absolute Gasteiger partial charge is 0.407 e. The number of fused-ring (bicyclic) bond motifs is 1. The Morgan fingerprint density at radius 3 is 2.52 bits per heavy atom. The van der Waals surface area contributed by atoms with Crippen LogP contribution in [0.15, 0.2) is 42.6 Å². The average molecular weight is 309 g/mol. The average Bonchev–Trinajstić information content (AvgIpc) is 2.91. The van der Waals surface area contributed by atoms with E-state index in [1.807, 2.05) is 41.8 Å². The Morgan fingerprint density at radius 1 is 1.13 bits per heavy atom. The maximum absolute atomic E-state index is 11.4. The van der Waals surface area contributed by atoms with Crippen LogP contribution in [0.25, 0.3) is 16.9 Å². The van der Waals surface area contributed by atoms with E-state index in [4.69, 9.17) is 4.98 Å². The van der Waals surface area contributed by atoms with Crippen molar-refractivity contribution < 1.29 is 9.53 Å². The van der Waals surface area contributed by atoms with Gasteiger partial charge in [-0.05, 0) is 25.5 Å². The molecule has 0 unspecified atom stereocenters. The number of alkyl carbamates (subject to hydrolysis) is 1. The second kappa shape index (κ2) is 6.12. The molecule has 23 heavy (non-hydrogen) atoms. The molecule has 3 aromatic rings. The summed E-state index contributed by atoms with van der Waals surface area (Å²) in [5.41, 5.74) is 6.00. The first kappa shape index (κ1) is 15.1. The molecule has 0 fully saturated rings. The van der Waals surface area contributed by atoms with Crippen LogP contribution in [0, 0.1) is 13.8 Å². The first-order valence-corrected chi connectivity index (χ1v) is 7.45. The van der Waals surface area contributed by atoms with Gasteiger partial charge in [-0.25, -0.2) is 9.78 Å². The standard InChI is InChI=1S/C18H19N3O2/c1-12-4-7-14(8-5-12)17-15(10-19-18(22)23-3)21-11-13(2)6-9-16(21)20-17/h4-9,11H,10H2,1-3H3,(H,19,22). The molecule has 1 N–H and O–H groups in total. The second-order valence-corrected chi connectivity index (χ2v) is 5.55. The molecule has 2 heterocycles. The third-order valence-electron chi connectivity index (χ3n) is 3.78. The fourth-order valence-corrected chi connectivity index (χ4v) is 2.54. The lowest BCUT2D eigenvalue weighted by atomic mass is 10.1. The molecule has 118 valence electrons. The van der Waals surface area contributed by atoms with Crippen LogP contribution in [0.4, 0.5) is 4.79 Å². The number of imidazole rings is 1. The predicted octanol–water partition coefficient (Wildman–Crippen LogP) is 3.47. The van der Waals surface area contributed by atoms with Crippen molar-refractivity contribution in [2.45, 2.75) is 20.4 Å². The van der Waals surface area contributed by atoms with Crippen molar-refractivity contribution in [1.82, 2.24) is 14.7 Å². The summed E-state index contributed by atoms with van der Waals surface area (Å²) in [7, 11) is 1.36. The van der Waals surface area contributed by atoms with Crippen molar-refractivity contribution in [2.24, 2.45) is 0 Å². The van der Waals surface area contributed by atoms with Gasteiger partial charge in [0.15, 0.2) is 0 Å². The number of pyridine rings is 1. The topological polar surface area (TPSA) is 55.6 Å². The number of aryl methyl sites for hydroxylation is 2. The highest BCUT2D eigenvalue weighted by molar-refractivity contribution is 5.70. The Balaban J connectivity index is 2.11. The molecule has 0 aliphatic rings. The lowest BCUT2D eigenvalue weighted by molar-refractivity contribution is 0.170. The molecule has 5 heteroatoms.